The van der Waals surface area contributed by atoms with Crippen LogP contribution in [0.25, 0.3) is 5.76 Å². The molecule has 0 radical (unpaired) electrons. The standard InChI is InChI=1S/C27H34N2O5/c1-6-28(7-2)14-15-29-24(18-8-11-20(30)12-9-18)23(26(32)27(29)33)25(31)19-10-13-22(34-5)21(16-19)17(3)4/h8-13,16-17,24,30-31H,6-7,14-15H2,1-5H3/b25-23-. The fraction of sp³-hybridized carbons (Fsp3) is 0.407. The van der Waals surface area contributed by atoms with Gasteiger partial charge in [0.2, 0.25) is 0 Å². The minimum atomic E-state index is -0.749. The highest BCUT2D eigenvalue weighted by molar-refractivity contribution is 6.46. The summed E-state index contributed by atoms with van der Waals surface area (Å²) in [5.41, 5.74) is 2.05. The van der Waals surface area contributed by atoms with Crippen LogP contribution in [0.5, 0.6) is 11.5 Å². The molecule has 1 amide bonds. The molecule has 1 saturated heterocycles. The molecule has 1 aliphatic rings. The number of methoxy groups -OCH3 is 1. The van der Waals surface area contributed by atoms with Crippen LogP contribution in [0.2, 0.25) is 0 Å². The predicted octanol–water partition coefficient (Wildman–Crippen LogP) is 4.29. The van der Waals surface area contributed by atoms with E-state index < -0.39 is 17.7 Å². The van der Waals surface area contributed by atoms with Gasteiger partial charge in [0.1, 0.15) is 17.3 Å². The Morgan fingerprint density at radius 1 is 1.09 bits per heavy atom. The molecule has 0 spiro atoms. The third-order valence-electron chi connectivity index (χ3n) is 6.43. The largest absolute Gasteiger partial charge is 0.508 e. The molecule has 3 rings (SSSR count). The van der Waals surface area contributed by atoms with Gasteiger partial charge in [-0.25, -0.2) is 0 Å². The number of carbonyl (C=O) groups excluding carboxylic acids is 2. The van der Waals surface area contributed by atoms with E-state index in [0.29, 0.717) is 30.0 Å². The third kappa shape index (κ3) is 4.94. The van der Waals surface area contributed by atoms with Crippen molar-refractivity contribution in [1.82, 2.24) is 9.80 Å². The molecular weight excluding hydrogens is 432 g/mol. The Kier molecular flexibility index (Phi) is 7.99. The van der Waals surface area contributed by atoms with E-state index in [2.05, 4.69) is 4.90 Å². The van der Waals surface area contributed by atoms with Crippen molar-refractivity contribution in [3.05, 3.63) is 64.7 Å². The second kappa shape index (κ2) is 10.7. The number of nitrogens with zero attached hydrogens (tertiary/aromatic N) is 2. The minimum Gasteiger partial charge on any atom is -0.508 e. The Balaban J connectivity index is 2.14. The van der Waals surface area contributed by atoms with Crippen molar-refractivity contribution in [2.24, 2.45) is 0 Å². The van der Waals surface area contributed by atoms with Crippen molar-refractivity contribution in [3.8, 4) is 11.5 Å². The van der Waals surface area contributed by atoms with E-state index in [1.54, 1.807) is 37.4 Å². The first-order chi connectivity index (χ1) is 16.2. The Labute approximate surface area is 201 Å². The summed E-state index contributed by atoms with van der Waals surface area (Å²) in [7, 11) is 1.59. The number of likely N-dealkylation sites (tertiary alicyclic amines) is 1. The number of hydrogen-bond acceptors (Lipinski definition) is 6. The highest BCUT2D eigenvalue weighted by Gasteiger charge is 2.46. The maximum Gasteiger partial charge on any atom is 0.295 e. The summed E-state index contributed by atoms with van der Waals surface area (Å²) in [5.74, 6) is -0.651. The average Bonchev–Trinajstić information content (AvgIpc) is 3.09. The number of hydrogen-bond donors (Lipinski definition) is 2. The second-order valence-corrected chi connectivity index (χ2v) is 8.72. The molecule has 2 aromatic rings. The SMILES string of the molecule is CCN(CC)CCN1C(=O)C(=O)/C(=C(\O)c2ccc(OC)c(C(C)C)c2)C1c1ccc(O)cc1. The lowest BCUT2D eigenvalue weighted by Gasteiger charge is -2.28. The van der Waals surface area contributed by atoms with E-state index in [4.69, 9.17) is 4.74 Å². The van der Waals surface area contributed by atoms with Gasteiger partial charge in [-0.2, -0.15) is 0 Å². The molecular formula is C27H34N2O5. The Morgan fingerprint density at radius 3 is 2.29 bits per heavy atom. The number of amides is 1. The van der Waals surface area contributed by atoms with Gasteiger partial charge >= 0.3 is 0 Å². The number of ether oxygens (including phenoxy) is 1. The second-order valence-electron chi connectivity index (χ2n) is 8.72. The lowest BCUT2D eigenvalue weighted by molar-refractivity contribution is -0.140. The quantitative estimate of drug-likeness (QED) is 0.326. The maximum absolute atomic E-state index is 13.2. The molecule has 1 atom stereocenters. The molecule has 0 aromatic heterocycles. The number of benzene rings is 2. The van der Waals surface area contributed by atoms with Gasteiger partial charge in [-0.3, -0.25) is 9.59 Å². The number of aromatic hydroxyl groups is 1. The maximum atomic E-state index is 13.2. The van der Waals surface area contributed by atoms with E-state index in [-0.39, 0.29) is 23.0 Å². The summed E-state index contributed by atoms with van der Waals surface area (Å²) in [6.07, 6.45) is 0. The topological polar surface area (TPSA) is 90.3 Å². The normalized spacial score (nSPS) is 17.7. The molecule has 7 heteroatoms. The van der Waals surface area contributed by atoms with Gasteiger partial charge in [0, 0.05) is 18.7 Å². The van der Waals surface area contributed by atoms with Crippen LogP contribution in [-0.4, -0.2) is 65.0 Å². The van der Waals surface area contributed by atoms with Crippen LogP contribution < -0.4 is 4.74 Å². The van der Waals surface area contributed by atoms with Gasteiger partial charge in [-0.1, -0.05) is 39.8 Å². The van der Waals surface area contributed by atoms with Crippen molar-refractivity contribution in [2.75, 3.05) is 33.3 Å². The van der Waals surface area contributed by atoms with E-state index in [0.717, 1.165) is 18.7 Å². The molecule has 1 fully saturated rings. The van der Waals surface area contributed by atoms with E-state index in [9.17, 15) is 19.8 Å². The summed E-state index contributed by atoms with van der Waals surface area (Å²) < 4.78 is 5.44. The molecule has 7 nitrogen and oxygen atoms in total. The van der Waals surface area contributed by atoms with E-state index in [1.807, 2.05) is 27.7 Å². The Bertz CT molecular complexity index is 1070. The molecule has 0 aliphatic carbocycles. The zero-order valence-corrected chi connectivity index (χ0v) is 20.5. The number of Topliss-reactive ketones (excluding diaryl/α,β-unsaturated/α-hetero) is 1. The molecule has 1 heterocycles. The number of ketones is 1. The summed E-state index contributed by atoms with van der Waals surface area (Å²) in [6.45, 7) is 10.7. The van der Waals surface area contributed by atoms with Crippen LogP contribution in [0.1, 0.15) is 56.3 Å². The molecule has 1 aliphatic heterocycles. The number of aliphatic hydroxyl groups excluding tert-OH is 1. The lowest BCUT2D eigenvalue weighted by atomic mass is 9.93. The van der Waals surface area contributed by atoms with Crippen LogP contribution in [0.3, 0.4) is 0 Å². The first-order valence-electron chi connectivity index (χ1n) is 11.7. The van der Waals surface area contributed by atoms with Crippen LogP contribution in [-0.2, 0) is 9.59 Å². The Hall–Kier alpha value is -3.32. The number of aliphatic hydroxyl groups is 1. The van der Waals surface area contributed by atoms with Gasteiger partial charge in [0.05, 0.1) is 18.7 Å². The fourth-order valence-corrected chi connectivity index (χ4v) is 4.39. The van der Waals surface area contributed by atoms with Crippen LogP contribution >= 0.6 is 0 Å². The molecule has 2 N–H and O–H groups in total. The predicted molar refractivity (Wildman–Crippen MR) is 132 cm³/mol. The van der Waals surface area contributed by atoms with Crippen LogP contribution in [0, 0.1) is 0 Å². The molecule has 1 unspecified atom stereocenters. The van der Waals surface area contributed by atoms with Crippen molar-refractivity contribution >= 4 is 17.4 Å². The summed E-state index contributed by atoms with van der Waals surface area (Å²) in [5, 5.41) is 21.1. The first-order valence-corrected chi connectivity index (χ1v) is 11.7. The Morgan fingerprint density at radius 2 is 1.74 bits per heavy atom. The first kappa shape index (κ1) is 25.3. The third-order valence-corrected chi connectivity index (χ3v) is 6.43. The average molecular weight is 467 g/mol. The van der Waals surface area contributed by atoms with Crippen molar-refractivity contribution < 1.29 is 24.5 Å². The summed E-state index contributed by atoms with van der Waals surface area (Å²) in [6, 6.07) is 10.9. The number of phenols is 1. The van der Waals surface area contributed by atoms with Crippen molar-refractivity contribution in [3.63, 3.8) is 0 Å². The van der Waals surface area contributed by atoms with Crippen molar-refractivity contribution in [2.45, 2.75) is 39.7 Å². The molecule has 0 saturated carbocycles. The molecule has 34 heavy (non-hydrogen) atoms. The van der Waals surface area contributed by atoms with E-state index in [1.165, 1.54) is 17.0 Å². The smallest absolute Gasteiger partial charge is 0.295 e. The molecule has 182 valence electrons. The minimum absolute atomic E-state index is 0.0510. The van der Waals surface area contributed by atoms with Gasteiger partial charge < -0.3 is 24.7 Å². The fourth-order valence-electron chi connectivity index (χ4n) is 4.39. The lowest BCUT2D eigenvalue weighted by Crippen LogP contribution is -2.38. The van der Waals surface area contributed by atoms with Gasteiger partial charge in [-0.05, 0) is 60.5 Å². The van der Waals surface area contributed by atoms with E-state index >= 15 is 0 Å². The molecule has 2 aromatic carbocycles. The van der Waals surface area contributed by atoms with Gasteiger partial charge in [0.15, 0.2) is 0 Å². The van der Waals surface area contributed by atoms with Gasteiger partial charge in [-0.15, -0.1) is 0 Å². The van der Waals surface area contributed by atoms with Gasteiger partial charge in [0.25, 0.3) is 11.7 Å². The number of rotatable bonds is 9. The monoisotopic (exact) mass is 466 g/mol. The number of likely N-dealkylation sites (N-methyl/N-ethyl adjacent to an activating group) is 1. The van der Waals surface area contributed by atoms with Crippen LogP contribution in [0.15, 0.2) is 48.0 Å². The summed E-state index contributed by atoms with van der Waals surface area (Å²) in [4.78, 5) is 30.0. The number of carbonyl (C=O) groups is 2. The zero-order chi connectivity index (χ0) is 25.0. The highest BCUT2D eigenvalue weighted by atomic mass is 16.5. The highest BCUT2D eigenvalue weighted by Crippen LogP contribution is 2.40. The summed E-state index contributed by atoms with van der Waals surface area (Å²) >= 11 is 0. The van der Waals surface area contributed by atoms with Crippen LogP contribution in [0.4, 0.5) is 0 Å². The zero-order valence-electron chi connectivity index (χ0n) is 20.5. The van der Waals surface area contributed by atoms with Crippen molar-refractivity contribution in [1.29, 1.82) is 0 Å². The molecule has 0 bridgehead atoms. The number of phenolic OH excluding ortho intramolecular Hbond substituents is 1.